The van der Waals surface area contributed by atoms with E-state index in [0.717, 1.165) is 5.56 Å². The molecule has 0 unspecified atom stereocenters. The van der Waals surface area contributed by atoms with Gasteiger partial charge in [-0.2, -0.15) is 0 Å². The molecule has 3 nitrogen and oxygen atoms in total. The zero-order valence-corrected chi connectivity index (χ0v) is 8.64. The fraction of sp³-hybridized carbons (Fsp3) is 0.250. The summed E-state index contributed by atoms with van der Waals surface area (Å²) in [7, 11) is 1.67. The highest BCUT2D eigenvalue weighted by Gasteiger charge is 2.08. The maximum atomic E-state index is 11.3. The second-order valence-electron chi connectivity index (χ2n) is 3.10. The second-order valence-corrected chi connectivity index (χ2v) is 3.10. The number of hydrogen-bond acceptors (Lipinski definition) is 2. The van der Waals surface area contributed by atoms with Gasteiger partial charge in [0.05, 0.1) is 0 Å². The summed E-state index contributed by atoms with van der Waals surface area (Å²) in [5, 5.41) is 0. The molecule has 0 radical (unpaired) electrons. The van der Waals surface area contributed by atoms with E-state index < -0.39 is 6.09 Å². The molecule has 0 atom stereocenters. The highest BCUT2D eigenvalue weighted by atomic mass is 16.6. The Morgan fingerprint density at radius 2 is 2.13 bits per heavy atom. The molecular formula is C12H13NO2. The summed E-state index contributed by atoms with van der Waals surface area (Å²) in [4.78, 5) is 12.8. The molecule has 0 aliphatic carbocycles. The quantitative estimate of drug-likeness (QED) is 0.702. The average Bonchev–Trinajstić information content (AvgIpc) is 2.27. The molecular weight excluding hydrogens is 190 g/mol. The maximum Gasteiger partial charge on any atom is 0.410 e. The van der Waals surface area contributed by atoms with E-state index in [1.165, 1.54) is 4.90 Å². The van der Waals surface area contributed by atoms with Crippen molar-refractivity contribution in [3.63, 3.8) is 0 Å². The molecule has 0 aliphatic rings. The molecule has 1 rings (SSSR count). The zero-order chi connectivity index (χ0) is 11.1. The van der Waals surface area contributed by atoms with Gasteiger partial charge in [-0.3, -0.25) is 0 Å². The minimum absolute atomic E-state index is 0.0119. The number of ether oxygens (including phenoxy) is 1. The number of rotatable bonds is 3. The van der Waals surface area contributed by atoms with Crippen molar-refractivity contribution in [1.82, 2.24) is 4.90 Å². The van der Waals surface area contributed by atoms with Crippen LogP contribution >= 0.6 is 0 Å². The van der Waals surface area contributed by atoms with Crippen LogP contribution < -0.4 is 0 Å². The normalized spacial score (nSPS) is 9.07. The van der Waals surface area contributed by atoms with Crippen molar-refractivity contribution in [3.8, 4) is 12.3 Å². The SMILES string of the molecule is C#CCOC(=O)N(C)Cc1ccccc1. The molecule has 0 aliphatic heterocycles. The topological polar surface area (TPSA) is 29.5 Å². The van der Waals surface area contributed by atoms with E-state index in [1.807, 2.05) is 30.3 Å². The van der Waals surface area contributed by atoms with Crippen molar-refractivity contribution in [2.24, 2.45) is 0 Å². The van der Waals surface area contributed by atoms with Gasteiger partial charge in [-0.1, -0.05) is 36.3 Å². The first kappa shape index (κ1) is 11.1. The Morgan fingerprint density at radius 3 is 2.73 bits per heavy atom. The summed E-state index contributed by atoms with van der Waals surface area (Å²) in [6.45, 7) is 0.530. The van der Waals surface area contributed by atoms with Crippen LogP contribution in [0.4, 0.5) is 4.79 Å². The largest absolute Gasteiger partial charge is 0.436 e. The monoisotopic (exact) mass is 203 g/mol. The maximum absolute atomic E-state index is 11.3. The molecule has 0 bridgehead atoms. The lowest BCUT2D eigenvalue weighted by atomic mass is 10.2. The first-order chi connectivity index (χ1) is 7.24. The van der Waals surface area contributed by atoms with E-state index in [-0.39, 0.29) is 6.61 Å². The van der Waals surface area contributed by atoms with Crippen LogP contribution in [0.3, 0.4) is 0 Å². The second kappa shape index (κ2) is 5.71. The summed E-state index contributed by atoms with van der Waals surface area (Å²) >= 11 is 0. The molecule has 1 amide bonds. The van der Waals surface area contributed by atoms with E-state index in [2.05, 4.69) is 5.92 Å². The lowest BCUT2D eigenvalue weighted by molar-refractivity contribution is 0.121. The van der Waals surface area contributed by atoms with Gasteiger partial charge in [0.25, 0.3) is 0 Å². The lowest BCUT2D eigenvalue weighted by Gasteiger charge is -2.15. The van der Waals surface area contributed by atoms with Crippen LogP contribution in [0, 0.1) is 12.3 Å². The van der Waals surface area contributed by atoms with Gasteiger partial charge in [0.15, 0.2) is 6.61 Å². The molecule has 0 saturated carbocycles. The molecule has 0 N–H and O–H groups in total. The van der Waals surface area contributed by atoms with Gasteiger partial charge in [-0.15, -0.1) is 6.42 Å². The van der Waals surface area contributed by atoms with E-state index in [4.69, 9.17) is 11.2 Å². The summed E-state index contributed by atoms with van der Waals surface area (Å²) in [5.41, 5.74) is 1.05. The fourth-order valence-electron chi connectivity index (χ4n) is 1.14. The van der Waals surface area contributed by atoms with Crippen molar-refractivity contribution >= 4 is 6.09 Å². The van der Waals surface area contributed by atoms with Crippen LogP contribution in [-0.2, 0) is 11.3 Å². The molecule has 1 aromatic rings. The van der Waals surface area contributed by atoms with Gasteiger partial charge in [-0.25, -0.2) is 4.79 Å². The van der Waals surface area contributed by atoms with E-state index >= 15 is 0 Å². The van der Waals surface area contributed by atoms with Gasteiger partial charge < -0.3 is 9.64 Å². The highest BCUT2D eigenvalue weighted by molar-refractivity contribution is 5.67. The molecule has 0 heterocycles. The van der Waals surface area contributed by atoms with Crippen LogP contribution in [0.15, 0.2) is 30.3 Å². The zero-order valence-electron chi connectivity index (χ0n) is 8.64. The van der Waals surface area contributed by atoms with Crippen LogP contribution in [0.2, 0.25) is 0 Å². The molecule has 1 aromatic carbocycles. The third-order valence-corrected chi connectivity index (χ3v) is 1.85. The minimum Gasteiger partial charge on any atom is -0.436 e. The summed E-state index contributed by atoms with van der Waals surface area (Å²) < 4.78 is 4.78. The molecule has 0 fully saturated rings. The Bertz CT molecular complexity index is 354. The first-order valence-electron chi connectivity index (χ1n) is 4.59. The van der Waals surface area contributed by atoms with Crippen molar-refractivity contribution in [3.05, 3.63) is 35.9 Å². The Balaban J connectivity index is 2.46. The predicted molar refractivity (Wildman–Crippen MR) is 58.1 cm³/mol. The van der Waals surface area contributed by atoms with Crippen molar-refractivity contribution < 1.29 is 9.53 Å². The summed E-state index contributed by atoms with van der Waals surface area (Å²) in [6.07, 6.45) is 4.58. The fourth-order valence-corrected chi connectivity index (χ4v) is 1.14. The summed E-state index contributed by atoms with van der Waals surface area (Å²) in [5.74, 6) is 2.25. The number of carbonyl (C=O) groups is 1. The molecule has 0 aromatic heterocycles. The number of amides is 1. The van der Waals surface area contributed by atoms with Crippen molar-refractivity contribution in [1.29, 1.82) is 0 Å². The Kier molecular flexibility index (Phi) is 4.24. The molecule has 0 spiro atoms. The molecule has 3 heteroatoms. The molecule has 78 valence electrons. The van der Waals surface area contributed by atoms with E-state index in [9.17, 15) is 4.79 Å². The van der Waals surface area contributed by atoms with Crippen LogP contribution in [0.25, 0.3) is 0 Å². The minimum atomic E-state index is -0.406. The standard InChI is InChI=1S/C12H13NO2/c1-3-9-15-12(14)13(2)10-11-7-5-4-6-8-11/h1,4-8H,9-10H2,2H3. The number of nitrogens with zero attached hydrogens (tertiary/aromatic N) is 1. The lowest BCUT2D eigenvalue weighted by Crippen LogP contribution is -2.27. The smallest absolute Gasteiger partial charge is 0.410 e. The molecule has 15 heavy (non-hydrogen) atoms. The third kappa shape index (κ3) is 3.74. The average molecular weight is 203 g/mol. The number of benzene rings is 1. The van der Waals surface area contributed by atoms with Gasteiger partial charge in [-0.05, 0) is 5.56 Å². The molecule has 0 saturated heterocycles. The Labute approximate surface area is 89.7 Å². The van der Waals surface area contributed by atoms with Crippen LogP contribution in [0.1, 0.15) is 5.56 Å². The number of carbonyl (C=O) groups excluding carboxylic acids is 1. The Hall–Kier alpha value is -1.95. The van der Waals surface area contributed by atoms with Gasteiger partial charge in [0.2, 0.25) is 0 Å². The van der Waals surface area contributed by atoms with E-state index in [1.54, 1.807) is 7.05 Å². The van der Waals surface area contributed by atoms with Gasteiger partial charge in [0.1, 0.15) is 0 Å². The van der Waals surface area contributed by atoms with E-state index in [0.29, 0.717) is 6.54 Å². The van der Waals surface area contributed by atoms with Crippen LogP contribution in [-0.4, -0.2) is 24.6 Å². The van der Waals surface area contributed by atoms with Crippen LogP contribution in [0.5, 0.6) is 0 Å². The predicted octanol–water partition coefficient (Wildman–Crippen LogP) is 1.89. The third-order valence-electron chi connectivity index (χ3n) is 1.85. The van der Waals surface area contributed by atoms with Gasteiger partial charge >= 0.3 is 6.09 Å². The highest BCUT2D eigenvalue weighted by Crippen LogP contribution is 2.03. The first-order valence-corrected chi connectivity index (χ1v) is 4.59. The van der Waals surface area contributed by atoms with Crippen molar-refractivity contribution in [2.45, 2.75) is 6.54 Å². The van der Waals surface area contributed by atoms with Crippen molar-refractivity contribution in [2.75, 3.05) is 13.7 Å². The number of terminal acetylenes is 1. The van der Waals surface area contributed by atoms with Gasteiger partial charge in [0, 0.05) is 13.6 Å². The Morgan fingerprint density at radius 1 is 1.47 bits per heavy atom. The number of hydrogen-bond donors (Lipinski definition) is 0. The summed E-state index contributed by atoms with van der Waals surface area (Å²) in [6, 6.07) is 9.68.